The highest BCUT2D eigenvalue weighted by Crippen LogP contribution is 2.34. The Balaban J connectivity index is 1.70. The SMILES string of the molecule is CC(C)c1cc2c(Cl)nc(SCC(=O)Nc3ccccc3Cl)nc2s1. The van der Waals surface area contributed by atoms with Crippen LogP contribution in [0, 0.1) is 0 Å². The second kappa shape index (κ2) is 7.91. The molecule has 0 radical (unpaired) electrons. The number of fused-ring (bicyclic) bond motifs is 1. The third kappa shape index (κ3) is 4.44. The number of aromatic nitrogens is 2. The van der Waals surface area contributed by atoms with Crippen molar-refractivity contribution in [2.24, 2.45) is 0 Å². The van der Waals surface area contributed by atoms with Gasteiger partial charge in [0.15, 0.2) is 5.16 Å². The zero-order valence-corrected chi connectivity index (χ0v) is 16.7. The van der Waals surface area contributed by atoms with E-state index < -0.39 is 0 Å². The van der Waals surface area contributed by atoms with Gasteiger partial charge in [-0.15, -0.1) is 11.3 Å². The molecule has 3 aromatic rings. The number of halogens is 2. The summed E-state index contributed by atoms with van der Waals surface area (Å²) >= 11 is 15.2. The van der Waals surface area contributed by atoms with Crippen molar-refractivity contribution in [3.8, 4) is 0 Å². The van der Waals surface area contributed by atoms with Gasteiger partial charge in [0.25, 0.3) is 0 Å². The van der Waals surface area contributed by atoms with Crippen LogP contribution in [0.15, 0.2) is 35.5 Å². The number of para-hydroxylation sites is 1. The molecule has 1 amide bonds. The number of nitrogens with zero attached hydrogens (tertiary/aromatic N) is 2. The third-order valence-electron chi connectivity index (χ3n) is 3.39. The van der Waals surface area contributed by atoms with Gasteiger partial charge in [0, 0.05) is 10.3 Å². The number of carbonyl (C=O) groups excluding carboxylic acids is 1. The molecule has 3 rings (SSSR count). The van der Waals surface area contributed by atoms with Crippen molar-refractivity contribution in [1.82, 2.24) is 9.97 Å². The predicted molar refractivity (Wildman–Crippen MR) is 107 cm³/mol. The average molecular weight is 412 g/mol. The predicted octanol–water partition coefficient (Wildman–Crippen LogP) is 5.85. The molecule has 25 heavy (non-hydrogen) atoms. The Kier molecular flexibility index (Phi) is 5.84. The first kappa shape index (κ1) is 18.5. The van der Waals surface area contributed by atoms with Gasteiger partial charge in [0.2, 0.25) is 5.91 Å². The normalized spacial score (nSPS) is 11.2. The van der Waals surface area contributed by atoms with E-state index in [0.717, 1.165) is 10.2 Å². The fourth-order valence-electron chi connectivity index (χ4n) is 2.12. The molecule has 0 aliphatic rings. The summed E-state index contributed by atoms with van der Waals surface area (Å²) in [5, 5.41) is 5.04. The Bertz CT molecular complexity index is 927. The van der Waals surface area contributed by atoms with Gasteiger partial charge in [-0.1, -0.05) is 60.9 Å². The lowest BCUT2D eigenvalue weighted by molar-refractivity contribution is -0.113. The van der Waals surface area contributed by atoms with Crippen LogP contribution in [-0.4, -0.2) is 21.6 Å². The summed E-state index contributed by atoms with van der Waals surface area (Å²) in [6, 6.07) is 9.14. The lowest BCUT2D eigenvalue weighted by Crippen LogP contribution is -2.14. The van der Waals surface area contributed by atoms with Gasteiger partial charge in [-0.3, -0.25) is 4.79 Å². The van der Waals surface area contributed by atoms with Crippen LogP contribution >= 0.6 is 46.3 Å². The maximum atomic E-state index is 12.1. The van der Waals surface area contributed by atoms with Crippen molar-refractivity contribution in [2.45, 2.75) is 24.9 Å². The zero-order valence-electron chi connectivity index (χ0n) is 13.5. The molecule has 0 unspecified atom stereocenters. The molecular weight excluding hydrogens is 397 g/mol. The number of hydrogen-bond acceptors (Lipinski definition) is 5. The standard InChI is InChI=1S/C17H15Cl2N3OS2/c1-9(2)13-7-10-15(19)21-17(22-16(10)25-13)24-8-14(23)20-12-6-4-3-5-11(12)18/h3-7,9H,8H2,1-2H3,(H,20,23). The largest absolute Gasteiger partial charge is 0.324 e. The maximum absolute atomic E-state index is 12.1. The average Bonchev–Trinajstić information content (AvgIpc) is 3.00. The van der Waals surface area contributed by atoms with E-state index in [9.17, 15) is 4.79 Å². The minimum atomic E-state index is -0.174. The van der Waals surface area contributed by atoms with E-state index in [2.05, 4.69) is 29.1 Å². The van der Waals surface area contributed by atoms with Crippen LogP contribution in [0.1, 0.15) is 24.6 Å². The minimum absolute atomic E-state index is 0.174. The van der Waals surface area contributed by atoms with Crippen LogP contribution in [-0.2, 0) is 4.79 Å². The van der Waals surface area contributed by atoms with Gasteiger partial charge < -0.3 is 5.32 Å². The van der Waals surface area contributed by atoms with E-state index in [0.29, 0.717) is 26.9 Å². The lowest BCUT2D eigenvalue weighted by Gasteiger charge is -2.06. The second-order valence-corrected chi connectivity index (χ2v) is 8.41. The highest BCUT2D eigenvalue weighted by atomic mass is 35.5. The summed E-state index contributed by atoms with van der Waals surface area (Å²) in [6.07, 6.45) is 0. The van der Waals surface area contributed by atoms with Crippen molar-refractivity contribution >= 4 is 68.1 Å². The number of nitrogens with one attached hydrogen (secondary N) is 1. The quantitative estimate of drug-likeness (QED) is 0.324. The number of carbonyl (C=O) groups is 1. The van der Waals surface area contributed by atoms with Crippen molar-refractivity contribution in [1.29, 1.82) is 0 Å². The van der Waals surface area contributed by atoms with Crippen LogP contribution in [0.3, 0.4) is 0 Å². The number of thioether (sulfide) groups is 1. The van der Waals surface area contributed by atoms with Gasteiger partial charge in [-0.2, -0.15) is 0 Å². The molecule has 0 spiro atoms. The summed E-state index contributed by atoms with van der Waals surface area (Å²) in [6.45, 7) is 4.25. The number of amides is 1. The maximum Gasteiger partial charge on any atom is 0.234 e. The van der Waals surface area contributed by atoms with Gasteiger partial charge >= 0.3 is 0 Å². The second-order valence-electron chi connectivity index (χ2n) is 5.64. The van der Waals surface area contributed by atoms with E-state index in [4.69, 9.17) is 23.2 Å². The number of anilines is 1. The molecule has 0 aliphatic heterocycles. The fraction of sp³-hybridized carbons (Fsp3) is 0.235. The Hall–Kier alpha value is -1.34. The molecule has 0 saturated carbocycles. The minimum Gasteiger partial charge on any atom is -0.324 e. The summed E-state index contributed by atoms with van der Waals surface area (Å²) in [5.41, 5.74) is 0.587. The first-order valence-corrected chi connectivity index (χ1v) is 10.1. The van der Waals surface area contributed by atoms with Crippen LogP contribution in [0.4, 0.5) is 5.69 Å². The summed E-state index contributed by atoms with van der Waals surface area (Å²) in [4.78, 5) is 23.0. The Labute approximate surface area is 164 Å². The first-order valence-electron chi connectivity index (χ1n) is 7.58. The molecule has 0 bridgehead atoms. The summed E-state index contributed by atoms with van der Waals surface area (Å²) < 4.78 is 0. The number of benzene rings is 1. The van der Waals surface area contributed by atoms with Crippen LogP contribution in [0.25, 0.3) is 10.2 Å². The highest BCUT2D eigenvalue weighted by Gasteiger charge is 2.14. The fourth-order valence-corrected chi connectivity index (χ4v) is 4.36. The molecule has 2 aromatic heterocycles. The number of thiophene rings is 1. The van der Waals surface area contributed by atoms with Crippen LogP contribution < -0.4 is 5.32 Å². The molecule has 4 nitrogen and oxygen atoms in total. The molecule has 1 aromatic carbocycles. The number of rotatable bonds is 5. The van der Waals surface area contributed by atoms with E-state index in [1.165, 1.54) is 16.6 Å². The summed E-state index contributed by atoms with van der Waals surface area (Å²) in [5.74, 6) is 0.412. The molecule has 130 valence electrons. The molecule has 2 heterocycles. The van der Waals surface area contributed by atoms with Crippen molar-refractivity contribution in [3.63, 3.8) is 0 Å². The molecule has 0 atom stereocenters. The van der Waals surface area contributed by atoms with E-state index in [1.807, 2.05) is 18.2 Å². The molecule has 0 saturated heterocycles. The first-order chi connectivity index (χ1) is 11.9. The lowest BCUT2D eigenvalue weighted by atomic mass is 10.2. The van der Waals surface area contributed by atoms with Crippen LogP contribution in [0.5, 0.6) is 0 Å². The summed E-state index contributed by atoms with van der Waals surface area (Å²) in [7, 11) is 0. The van der Waals surface area contributed by atoms with Crippen molar-refractivity contribution in [2.75, 3.05) is 11.1 Å². The van der Waals surface area contributed by atoms with Crippen molar-refractivity contribution in [3.05, 3.63) is 45.4 Å². The highest BCUT2D eigenvalue weighted by molar-refractivity contribution is 7.99. The molecular formula is C17H15Cl2N3OS2. The zero-order chi connectivity index (χ0) is 18.0. The molecule has 0 aliphatic carbocycles. The monoisotopic (exact) mass is 411 g/mol. The molecule has 0 fully saturated rings. The van der Waals surface area contributed by atoms with Crippen LogP contribution in [0.2, 0.25) is 10.2 Å². The number of hydrogen-bond donors (Lipinski definition) is 1. The third-order valence-corrected chi connectivity index (χ3v) is 6.19. The molecule has 8 heteroatoms. The van der Waals surface area contributed by atoms with Gasteiger partial charge in [-0.25, -0.2) is 9.97 Å². The topological polar surface area (TPSA) is 54.9 Å². The van der Waals surface area contributed by atoms with Gasteiger partial charge in [0.05, 0.1) is 16.5 Å². The Morgan fingerprint density at radius 2 is 2.04 bits per heavy atom. The van der Waals surface area contributed by atoms with Gasteiger partial charge in [-0.05, 0) is 24.1 Å². The van der Waals surface area contributed by atoms with E-state index >= 15 is 0 Å². The van der Waals surface area contributed by atoms with Crippen molar-refractivity contribution < 1.29 is 4.79 Å². The smallest absolute Gasteiger partial charge is 0.234 e. The van der Waals surface area contributed by atoms with Gasteiger partial charge in [0.1, 0.15) is 9.98 Å². The molecule has 1 N–H and O–H groups in total. The Morgan fingerprint density at radius 1 is 1.28 bits per heavy atom. The van der Waals surface area contributed by atoms with E-state index in [-0.39, 0.29) is 11.7 Å². The van der Waals surface area contributed by atoms with E-state index in [1.54, 1.807) is 23.5 Å². The Morgan fingerprint density at radius 3 is 2.76 bits per heavy atom.